The van der Waals surface area contributed by atoms with E-state index in [0.29, 0.717) is 30.4 Å². The number of thiazole rings is 1. The Labute approximate surface area is 224 Å². The summed E-state index contributed by atoms with van der Waals surface area (Å²) in [5.74, 6) is -2.03. The summed E-state index contributed by atoms with van der Waals surface area (Å²) in [4.78, 5) is 43.3. The van der Waals surface area contributed by atoms with Crippen molar-refractivity contribution in [3.8, 4) is 22.4 Å². The van der Waals surface area contributed by atoms with Crippen molar-refractivity contribution in [3.05, 3.63) is 94.2 Å². The Morgan fingerprint density at radius 1 is 1.05 bits per heavy atom. The third-order valence-corrected chi connectivity index (χ3v) is 7.16. The normalized spacial score (nSPS) is 11.7. The van der Waals surface area contributed by atoms with E-state index in [1.165, 1.54) is 22.3 Å². The van der Waals surface area contributed by atoms with Gasteiger partial charge in [0.25, 0.3) is 5.56 Å². The maximum atomic E-state index is 13.4. The van der Waals surface area contributed by atoms with E-state index in [1.807, 2.05) is 66.2 Å². The number of benzene rings is 2. The number of amides is 1. The number of carboxylic acids is 1. The molecule has 38 heavy (non-hydrogen) atoms. The Morgan fingerprint density at radius 2 is 1.76 bits per heavy atom. The summed E-state index contributed by atoms with van der Waals surface area (Å²) in [6, 6.07) is 20.5. The molecule has 0 saturated heterocycles. The molecule has 196 valence electrons. The number of pyridine rings is 1. The number of anilines is 1. The van der Waals surface area contributed by atoms with Crippen LogP contribution in [0.25, 0.3) is 22.4 Å². The predicted molar refractivity (Wildman–Crippen MR) is 148 cm³/mol. The highest BCUT2D eigenvalue weighted by molar-refractivity contribution is 7.14. The van der Waals surface area contributed by atoms with E-state index in [0.717, 1.165) is 22.3 Å². The van der Waals surface area contributed by atoms with Crippen molar-refractivity contribution in [1.82, 2.24) is 9.55 Å². The molecule has 2 aromatic carbocycles. The van der Waals surface area contributed by atoms with E-state index in [-0.39, 0.29) is 17.9 Å². The van der Waals surface area contributed by atoms with Crippen LogP contribution in [-0.4, -0.2) is 47.3 Å². The molecule has 0 bridgehead atoms. The molecule has 0 radical (unpaired) electrons. The van der Waals surface area contributed by atoms with Gasteiger partial charge in [0.1, 0.15) is 0 Å². The van der Waals surface area contributed by atoms with Gasteiger partial charge in [-0.15, -0.1) is 11.3 Å². The standard InChI is InChI=1S/C29H29N3O5S/c1-31(28(36)22(17-27(34)35)16-20-8-4-3-5-9-20)29-30-25(19-38-29)24-11-7-6-10-23(24)21-12-13-26(33)32(18-21)14-15-37-2/h3-13,18-19,22H,14-17H2,1-2H3,(H,34,35). The van der Waals surface area contributed by atoms with Crippen LogP contribution in [0.5, 0.6) is 0 Å². The minimum absolute atomic E-state index is 0.106. The number of ether oxygens (including phenoxy) is 1. The number of methoxy groups -OCH3 is 1. The smallest absolute Gasteiger partial charge is 0.304 e. The summed E-state index contributed by atoms with van der Waals surface area (Å²) in [6.45, 7) is 0.869. The molecule has 2 heterocycles. The van der Waals surface area contributed by atoms with Gasteiger partial charge in [-0.2, -0.15) is 0 Å². The number of rotatable bonds is 11. The average molecular weight is 532 g/mol. The minimum atomic E-state index is -1.02. The summed E-state index contributed by atoms with van der Waals surface area (Å²) in [5, 5.41) is 11.8. The number of hydrogen-bond acceptors (Lipinski definition) is 6. The third-order valence-electron chi connectivity index (χ3n) is 6.24. The van der Waals surface area contributed by atoms with Crippen LogP contribution >= 0.6 is 11.3 Å². The quantitative estimate of drug-likeness (QED) is 0.304. The van der Waals surface area contributed by atoms with Gasteiger partial charge in [-0.3, -0.25) is 19.3 Å². The van der Waals surface area contributed by atoms with Crippen molar-refractivity contribution < 1.29 is 19.4 Å². The lowest BCUT2D eigenvalue weighted by atomic mass is 9.95. The van der Waals surface area contributed by atoms with E-state index >= 15 is 0 Å². The van der Waals surface area contributed by atoms with Crippen LogP contribution in [0.2, 0.25) is 0 Å². The molecule has 1 amide bonds. The van der Waals surface area contributed by atoms with Gasteiger partial charge in [0.15, 0.2) is 5.13 Å². The van der Waals surface area contributed by atoms with Crippen LogP contribution in [-0.2, 0) is 27.3 Å². The van der Waals surface area contributed by atoms with E-state index in [9.17, 15) is 19.5 Å². The first-order valence-corrected chi connectivity index (χ1v) is 13.0. The second kappa shape index (κ2) is 12.4. The van der Waals surface area contributed by atoms with Gasteiger partial charge in [-0.25, -0.2) is 4.98 Å². The maximum Gasteiger partial charge on any atom is 0.304 e. The monoisotopic (exact) mass is 531 g/mol. The van der Waals surface area contributed by atoms with Gasteiger partial charge in [0, 0.05) is 43.9 Å². The van der Waals surface area contributed by atoms with Crippen molar-refractivity contribution >= 4 is 28.3 Å². The molecule has 8 nitrogen and oxygen atoms in total. The summed E-state index contributed by atoms with van der Waals surface area (Å²) < 4.78 is 6.74. The highest BCUT2D eigenvalue weighted by atomic mass is 32.1. The second-order valence-electron chi connectivity index (χ2n) is 8.88. The largest absolute Gasteiger partial charge is 0.481 e. The molecule has 1 N–H and O–H groups in total. The maximum absolute atomic E-state index is 13.4. The van der Waals surface area contributed by atoms with E-state index < -0.39 is 11.9 Å². The van der Waals surface area contributed by atoms with Gasteiger partial charge >= 0.3 is 5.97 Å². The molecule has 0 aliphatic carbocycles. The first-order valence-electron chi connectivity index (χ1n) is 12.2. The zero-order valence-electron chi connectivity index (χ0n) is 21.2. The number of carboxylic acid groups (broad SMARTS) is 1. The Bertz CT molecular complexity index is 1460. The Balaban J connectivity index is 1.61. The molecule has 0 spiro atoms. The highest BCUT2D eigenvalue weighted by Gasteiger charge is 2.27. The van der Waals surface area contributed by atoms with Crippen LogP contribution < -0.4 is 10.5 Å². The molecule has 0 fully saturated rings. The molecule has 1 atom stereocenters. The van der Waals surface area contributed by atoms with Crippen molar-refractivity contribution in [3.63, 3.8) is 0 Å². The fourth-order valence-electron chi connectivity index (χ4n) is 4.28. The number of carbonyl (C=O) groups is 2. The number of carbonyl (C=O) groups excluding carboxylic acids is 1. The SMILES string of the molecule is COCCn1cc(-c2ccccc2-c2csc(N(C)C(=O)C(CC(=O)O)Cc3ccccc3)n2)ccc1=O. The molecule has 9 heteroatoms. The zero-order chi connectivity index (χ0) is 27.1. The molecular formula is C29H29N3O5S. The summed E-state index contributed by atoms with van der Waals surface area (Å²) in [7, 11) is 3.22. The molecule has 4 aromatic rings. The van der Waals surface area contributed by atoms with Crippen molar-refractivity contribution in [1.29, 1.82) is 0 Å². The lowest BCUT2D eigenvalue weighted by Crippen LogP contribution is -2.35. The van der Waals surface area contributed by atoms with Crippen LogP contribution in [0.1, 0.15) is 12.0 Å². The van der Waals surface area contributed by atoms with Gasteiger partial charge < -0.3 is 14.4 Å². The number of aliphatic carboxylic acids is 1. The van der Waals surface area contributed by atoms with Crippen molar-refractivity contribution in [2.75, 3.05) is 25.7 Å². The Hall–Kier alpha value is -4.08. The lowest BCUT2D eigenvalue weighted by Gasteiger charge is -2.21. The van der Waals surface area contributed by atoms with E-state index in [2.05, 4.69) is 0 Å². The fraction of sp³-hybridized carbons (Fsp3) is 0.241. The van der Waals surface area contributed by atoms with Gasteiger partial charge in [-0.05, 0) is 29.2 Å². The van der Waals surface area contributed by atoms with Gasteiger partial charge in [0.05, 0.1) is 24.6 Å². The number of nitrogens with zero attached hydrogens (tertiary/aromatic N) is 3. The average Bonchev–Trinajstić information content (AvgIpc) is 3.42. The Morgan fingerprint density at radius 3 is 2.47 bits per heavy atom. The van der Waals surface area contributed by atoms with Crippen LogP contribution in [0.15, 0.2) is 83.1 Å². The fourth-order valence-corrected chi connectivity index (χ4v) is 5.08. The molecular weight excluding hydrogens is 502 g/mol. The summed E-state index contributed by atoms with van der Waals surface area (Å²) >= 11 is 1.32. The molecule has 0 aliphatic heterocycles. The molecule has 1 unspecified atom stereocenters. The molecule has 2 aromatic heterocycles. The first kappa shape index (κ1) is 27.0. The molecule has 0 aliphatic rings. The molecule has 4 rings (SSSR count). The van der Waals surface area contributed by atoms with Crippen LogP contribution in [0.3, 0.4) is 0 Å². The minimum Gasteiger partial charge on any atom is -0.481 e. The topological polar surface area (TPSA) is 102 Å². The van der Waals surface area contributed by atoms with Crippen molar-refractivity contribution in [2.45, 2.75) is 19.4 Å². The second-order valence-corrected chi connectivity index (χ2v) is 9.72. The third kappa shape index (κ3) is 6.42. The number of hydrogen-bond donors (Lipinski definition) is 1. The van der Waals surface area contributed by atoms with Gasteiger partial charge in [-0.1, -0.05) is 54.6 Å². The summed E-state index contributed by atoms with van der Waals surface area (Å²) in [6.07, 6.45) is 1.87. The molecule has 0 saturated carbocycles. The zero-order valence-corrected chi connectivity index (χ0v) is 22.1. The van der Waals surface area contributed by atoms with Gasteiger partial charge in [0.2, 0.25) is 5.91 Å². The van der Waals surface area contributed by atoms with E-state index in [1.54, 1.807) is 24.8 Å². The van der Waals surface area contributed by atoms with Crippen LogP contribution in [0, 0.1) is 5.92 Å². The first-order chi connectivity index (χ1) is 18.4. The predicted octanol–water partition coefficient (Wildman–Crippen LogP) is 4.58. The Kier molecular flexibility index (Phi) is 8.83. The highest BCUT2D eigenvalue weighted by Crippen LogP contribution is 2.34. The van der Waals surface area contributed by atoms with Crippen molar-refractivity contribution in [2.24, 2.45) is 5.92 Å². The lowest BCUT2D eigenvalue weighted by molar-refractivity contribution is -0.140. The summed E-state index contributed by atoms with van der Waals surface area (Å²) in [5.41, 5.74) is 4.11. The van der Waals surface area contributed by atoms with Crippen LogP contribution in [0.4, 0.5) is 5.13 Å². The van der Waals surface area contributed by atoms with E-state index in [4.69, 9.17) is 9.72 Å². The number of aromatic nitrogens is 2.